The maximum atomic E-state index is 11.8. The molecule has 1 aromatic rings. The summed E-state index contributed by atoms with van der Waals surface area (Å²) >= 11 is 0. The zero-order valence-corrected chi connectivity index (χ0v) is 12.1. The lowest BCUT2D eigenvalue weighted by Crippen LogP contribution is -2.23. The number of hydrogen-bond acceptors (Lipinski definition) is 5. The predicted molar refractivity (Wildman–Crippen MR) is 74.4 cm³/mol. The van der Waals surface area contributed by atoms with E-state index in [0.29, 0.717) is 29.8 Å². The highest BCUT2D eigenvalue weighted by atomic mass is 16.5. The van der Waals surface area contributed by atoms with E-state index < -0.39 is 5.91 Å². The number of ether oxygens (including phenoxy) is 1. The molecule has 0 radical (unpaired) electrons. The zero-order valence-electron chi connectivity index (χ0n) is 12.1. The van der Waals surface area contributed by atoms with Gasteiger partial charge in [-0.2, -0.15) is 0 Å². The van der Waals surface area contributed by atoms with Crippen LogP contribution in [0.1, 0.15) is 37.9 Å². The number of anilines is 1. The Morgan fingerprint density at radius 3 is 2.90 bits per heavy atom. The minimum absolute atomic E-state index is 0.272. The van der Waals surface area contributed by atoms with Crippen LogP contribution >= 0.6 is 0 Å². The first-order valence-corrected chi connectivity index (χ1v) is 7.49. The number of amides is 1. The van der Waals surface area contributed by atoms with Crippen LogP contribution in [0.2, 0.25) is 0 Å². The Kier molecular flexibility index (Phi) is 3.94. The van der Waals surface area contributed by atoms with Gasteiger partial charge in [-0.1, -0.05) is 11.6 Å². The summed E-state index contributed by atoms with van der Waals surface area (Å²) in [4.78, 5) is 23.4. The van der Waals surface area contributed by atoms with Crippen LogP contribution in [0, 0.1) is 24.7 Å². The molecule has 0 saturated heterocycles. The Bertz CT molecular complexity index is 540. The van der Waals surface area contributed by atoms with Crippen molar-refractivity contribution in [3.8, 4) is 0 Å². The first-order valence-electron chi connectivity index (χ1n) is 7.49. The molecule has 1 heterocycles. The fourth-order valence-corrected chi connectivity index (χ4v) is 3.65. The quantitative estimate of drug-likeness (QED) is 0.842. The Morgan fingerprint density at radius 1 is 1.43 bits per heavy atom. The van der Waals surface area contributed by atoms with Gasteiger partial charge in [0.25, 0.3) is 5.91 Å². The van der Waals surface area contributed by atoms with Gasteiger partial charge in [0.05, 0.1) is 0 Å². The minimum Gasteiger partial charge on any atom is -0.456 e. The summed E-state index contributed by atoms with van der Waals surface area (Å²) in [7, 11) is 0. The lowest BCUT2D eigenvalue weighted by Gasteiger charge is -2.20. The maximum Gasteiger partial charge on any atom is 0.306 e. The zero-order chi connectivity index (χ0) is 14.8. The van der Waals surface area contributed by atoms with Crippen molar-refractivity contribution in [3.05, 3.63) is 11.8 Å². The van der Waals surface area contributed by atoms with Crippen molar-refractivity contribution in [1.82, 2.24) is 5.16 Å². The lowest BCUT2D eigenvalue weighted by molar-refractivity contribution is -0.148. The SMILES string of the molecule is Cc1cc(NC(=O)COC(=O)C[C@@H]2C[C@H]3CC[C@@H]2C3)no1. The van der Waals surface area contributed by atoms with Crippen molar-refractivity contribution >= 4 is 17.7 Å². The van der Waals surface area contributed by atoms with E-state index in [1.54, 1.807) is 13.0 Å². The fraction of sp³-hybridized carbons (Fsp3) is 0.667. The van der Waals surface area contributed by atoms with Crippen LogP contribution in [0.4, 0.5) is 5.82 Å². The summed E-state index contributed by atoms with van der Waals surface area (Å²) in [6.07, 6.45) is 5.41. The van der Waals surface area contributed by atoms with Crippen molar-refractivity contribution in [2.24, 2.45) is 17.8 Å². The Labute approximate surface area is 123 Å². The van der Waals surface area contributed by atoms with Gasteiger partial charge >= 0.3 is 5.97 Å². The third-order valence-electron chi connectivity index (χ3n) is 4.57. The molecule has 1 N–H and O–H groups in total. The van der Waals surface area contributed by atoms with E-state index in [1.807, 2.05) is 0 Å². The number of aromatic nitrogens is 1. The topological polar surface area (TPSA) is 81.4 Å². The molecule has 0 aliphatic heterocycles. The second-order valence-corrected chi connectivity index (χ2v) is 6.17. The van der Waals surface area contributed by atoms with Crippen LogP contribution < -0.4 is 5.32 Å². The summed E-state index contributed by atoms with van der Waals surface area (Å²) in [5, 5.41) is 6.16. The Balaban J connectivity index is 1.38. The number of fused-ring (bicyclic) bond motifs is 2. The van der Waals surface area contributed by atoms with Crippen LogP contribution in [0.25, 0.3) is 0 Å². The second kappa shape index (κ2) is 5.87. The van der Waals surface area contributed by atoms with E-state index in [9.17, 15) is 9.59 Å². The van der Waals surface area contributed by atoms with Gasteiger partial charge in [0.1, 0.15) is 5.76 Å². The fourth-order valence-electron chi connectivity index (χ4n) is 3.65. The van der Waals surface area contributed by atoms with E-state index in [2.05, 4.69) is 10.5 Å². The van der Waals surface area contributed by atoms with Crippen molar-refractivity contribution in [2.45, 2.75) is 39.0 Å². The number of esters is 1. The molecule has 114 valence electrons. The molecule has 1 aromatic heterocycles. The van der Waals surface area contributed by atoms with Gasteiger partial charge in [-0.3, -0.25) is 9.59 Å². The number of nitrogens with one attached hydrogen (secondary N) is 1. The van der Waals surface area contributed by atoms with Gasteiger partial charge < -0.3 is 14.6 Å². The van der Waals surface area contributed by atoms with Crippen molar-refractivity contribution in [1.29, 1.82) is 0 Å². The van der Waals surface area contributed by atoms with Gasteiger partial charge in [0.2, 0.25) is 0 Å². The smallest absolute Gasteiger partial charge is 0.306 e. The third-order valence-corrected chi connectivity index (χ3v) is 4.57. The molecule has 2 aliphatic rings. The number of hydrogen-bond donors (Lipinski definition) is 1. The summed E-state index contributed by atoms with van der Waals surface area (Å²) in [6.45, 7) is 1.46. The van der Waals surface area contributed by atoms with Gasteiger partial charge in [0, 0.05) is 12.5 Å². The van der Waals surface area contributed by atoms with Crippen LogP contribution in [0.15, 0.2) is 10.6 Å². The average molecular weight is 292 g/mol. The second-order valence-electron chi connectivity index (χ2n) is 6.17. The molecule has 2 bridgehead atoms. The van der Waals surface area contributed by atoms with E-state index in [-0.39, 0.29) is 12.6 Å². The molecule has 0 spiro atoms. The van der Waals surface area contributed by atoms with E-state index >= 15 is 0 Å². The molecule has 6 nitrogen and oxygen atoms in total. The normalized spacial score (nSPS) is 26.8. The lowest BCUT2D eigenvalue weighted by atomic mass is 9.86. The van der Waals surface area contributed by atoms with E-state index in [0.717, 1.165) is 12.3 Å². The molecule has 2 aliphatic carbocycles. The summed E-state index contributed by atoms with van der Waals surface area (Å²) in [5.74, 6) is 2.22. The van der Waals surface area contributed by atoms with Crippen LogP contribution in [-0.2, 0) is 14.3 Å². The van der Waals surface area contributed by atoms with Gasteiger partial charge in [0.15, 0.2) is 12.4 Å². The third kappa shape index (κ3) is 3.43. The highest BCUT2D eigenvalue weighted by molar-refractivity contribution is 5.91. The van der Waals surface area contributed by atoms with Crippen molar-refractivity contribution in [2.75, 3.05) is 11.9 Å². The Morgan fingerprint density at radius 2 is 2.29 bits per heavy atom. The summed E-state index contributed by atoms with van der Waals surface area (Å²) in [5.41, 5.74) is 0. The van der Waals surface area contributed by atoms with Gasteiger partial charge in [-0.05, 0) is 43.9 Å². The largest absolute Gasteiger partial charge is 0.456 e. The number of rotatable bonds is 5. The van der Waals surface area contributed by atoms with E-state index in [4.69, 9.17) is 9.26 Å². The molecule has 1 amide bonds. The Hall–Kier alpha value is -1.85. The highest BCUT2D eigenvalue weighted by Gasteiger charge is 2.40. The van der Waals surface area contributed by atoms with Crippen molar-refractivity contribution < 1.29 is 18.8 Å². The molecule has 3 rings (SSSR count). The number of aryl methyl sites for hydroxylation is 1. The molecule has 21 heavy (non-hydrogen) atoms. The summed E-state index contributed by atoms with van der Waals surface area (Å²) < 4.78 is 9.88. The van der Waals surface area contributed by atoms with Crippen LogP contribution in [0.5, 0.6) is 0 Å². The number of carbonyl (C=O) groups is 2. The minimum atomic E-state index is -0.399. The molecule has 3 atom stereocenters. The number of carbonyl (C=O) groups excluding carboxylic acids is 2. The first kappa shape index (κ1) is 14.1. The van der Waals surface area contributed by atoms with Crippen LogP contribution in [0.3, 0.4) is 0 Å². The summed E-state index contributed by atoms with van der Waals surface area (Å²) in [6, 6.07) is 1.61. The van der Waals surface area contributed by atoms with Crippen molar-refractivity contribution in [3.63, 3.8) is 0 Å². The van der Waals surface area contributed by atoms with E-state index in [1.165, 1.54) is 19.3 Å². The predicted octanol–water partition coefficient (Wildman–Crippen LogP) is 2.29. The maximum absolute atomic E-state index is 11.8. The van der Waals surface area contributed by atoms with Gasteiger partial charge in [-0.15, -0.1) is 0 Å². The molecular weight excluding hydrogens is 272 g/mol. The molecule has 2 fully saturated rings. The molecule has 6 heteroatoms. The standard InChI is InChI=1S/C15H20N2O4/c1-9-4-13(17-21-9)16-14(18)8-20-15(19)7-12-6-10-2-3-11(12)5-10/h4,10-12H,2-3,5-8H2,1H3,(H,16,17,18)/t10-,11+,12-/m0/s1. The molecular formula is C15H20N2O4. The van der Waals surface area contributed by atoms with Crippen LogP contribution in [-0.4, -0.2) is 23.6 Å². The highest BCUT2D eigenvalue weighted by Crippen LogP contribution is 2.49. The van der Waals surface area contributed by atoms with Gasteiger partial charge in [-0.25, -0.2) is 0 Å². The average Bonchev–Trinajstić information content (AvgIpc) is 3.14. The first-order chi connectivity index (χ1) is 10.1. The molecule has 2 saturated carbocycles. The monoisotopic (exact) mass is 292 g/mol. The molecule has 0 aromatic carbocycles. The molecule has 0 unspecified atom stereocenters. The number of nitrogens with zero attached hydrogens (tertiary/aromatic N) is 1.